The van der Waals surface area contributed by atoms with Crippen molar-refractivity contribution in [3.63, 3.8) is 0 Å². The van der Waals surface area contributed by atoms with E-state index < -0.39 is 24.7 Å². The van der Waals surface area contributed by atoms with Gasteiger partial charge in [-0.1, -0.05) is 24.3 Å². The van der Waals surface area contributed by atoms with Gasteiger partial charge in [-0.25, -0.2) is 0 Å². The molecule has 1 aliphatic rings. The van der Waals surface area contributed by atoms with Gasteiger partial charge in [-0.2, -0.15) is 13.2 Å². The highest BCUT2D eigenvalue weighted by Gasteiger charge is 2.48. The standard InChI is InChI=1S/C14H11F3N2O/c15-14(16,17)11(7-18)19-10-6-2-4-8-3-1-5-9(12(8)10)13(19)20/h1-6,11H,7,18H2. The first-order chi connectivity index (χ1) is 9.45. The molecule has 0 radical (unpaired) electrons. The second-order valence-corrected chi connectivity index (χ2v) is 4.65. The van der Waals surface area contributed by atoms with Crippen molar-refractivity contribution in [1.29, 1.82) is 0 Å². The third-order valence-corrected chi connectivity index (χ3v) is 3.50. The van der Waals surface area contributed by atoms with Crippen LogP contribution in [0.25, 0.3) is 10.8 Å². The van der Waals surface area contributed by atoms with Gasteiger partial charge in [-0.15, -0.1) is 0 Å². The number of hydrogen-bond donors (Lipinski definition) is 1. The Morgan fingerprint density at radius 1 is 1.15 bits per heavy atom. The lowest BCUT2D eigenvalue weighted by Gasteiger charge is -2.29. The molecule has 1 amide bonds. The van der Waals surface area contributed by atoms with Crippen LogP contribution in [0.3, 0.4) is 0 Å². The van der Waals surface area contributed by atoms with Crippen LogP contribution in [0, 0.1) is 0 Å². The minimum Gasteiger partial charge on any atom is -0.328 e. The third-order valence-electron chi connectivity index (χ3n) is 3.50. The van der Waals surface area contributed by atoms with E-state index in [2.05, 4.69) is 0 Å². The Bertz CT molecular complexity index is 691. The molecule has 20 heavy (non-hydrogen) atoms. The fraction of sp³-hybridized carbons (Fsp3) is 0.214. The summed E-state index contributed by atoms with van der Waals surface area (Å²) in [5.74, 6) is -0.649. The second-order valence-electron chi connectivity index (χ2n) is 4.65. The smallest absolute Gasteiger partial charge is 0.328 e. The molecule has 0 aromatic heterocycles. The highest BCUT2D eigenvalue weighted by molar-refractivity contribution is 6.25. The molecular weight excluding hydrogens is 269 g/mol. The highest BCUT2D eigenvalue weighted by Crippen LogP contribution is 2.41. The van der Waals surface area contributed by atoms with Crippen LogP contribution in [0.5, 0.6) is 0 Å². The predicted octanol–water partition coefficient (Wildman–Crippen LogP) is 2.69. The van der Waals surface area contributed by atoms with E-state index in [1.807, 2.05) is 0 Å². The van der Waals surface area contributed by atoms with Crippen LogP contribution in [0.15, 0.2) is 36.4 Å². The average molecular weight is 280 g/mol. The maximum atomic E-state index is 13.1. The number of hydrogen-bond acceptors (Lipinski definition) is 2. The molecule has 1 heterocycles. The molecule has 0 fully saturated rings. The predicted molar refractivity (Wildman–Crippen MR) is 69.7 cm³/mol. The molecule has 0 saturated heterocycles. The maximum absolute atomic E-state index is 13.1. The lowest BCUT2D eigenvalue weighted by atomic mass is 10.1. The molecule has 0 saturated carbocycles. The molecule has 104 valence electrons. The van der Waals surface area contributed by atoms with Gasteiger partial charge in [0.1, 0.15) is 6.04 Å². The number of nitrogens with zero attached hydrogens (tertiary/aromatic N) is 1. The van der Waals surface area contributed by atoms with Crippen molar-refractivity contribution >= 4 is 22.4 Å². The lowest BCUT2D eigenvalue weighted by Crippen LogP contribution is -2.51. The summed E-state index contributed by atoms with van der Waals surface area (Å²) in [5.41, 5.74) is 5.82. The molecule has 3 nitrogen and oxygen atoms in total. The number of benzene rings is 2. The Hall–Kier alpha value is -2.08. The van der Waals surface area contributed by atoms with Crippen molar-refractivity contribution in [3.05, 3.63) is 42.0 Å². The fourth-order valence-electron chi connectivity index (χ4n) is 2.63. The van der Waals surface area contributed by atoms with Crippen molar-refractivity contribution in [3.8, 4) is 0 Å². The molecule has 0 spiro atoms. The van der Waals surface area contributed by atoms with Crippen LogP contribution in [0.4, 0.5) is 18.9 Å². The van der Waals surface area contributed by atoms with Gasteiger partial charge in [-0.3, -0.25) is 9.69 Å². The van der Waals surface area contributed by atoms with E-state index in [4.69, 9.17) is 5.73 Å². The van der Waals surface area contributed by atoms with Gasteiger partial charge in [0.25, 0.3) is 5.91 Å². The summed E-state index contributed by atoms with van der Waals surface area (Å²) in [4.78, 5) is 13.1. The molecule has 2 aromatic rings. The first-order valence-electron chi connectivity index (χ1n) is 6.07. The van der Waals surface area contributed by atoms with Crippen LogP contribution in [-0.4, -0.2) is 24.7 Å². The number of rotatable bonds is 2. The van der Waals surface area contributed by atoms with E-state index in [-0.39, 0.29) is 5.69 Å². The van der Waals surface area contributed by atoms with Crippen molar-refractivity contribution < 1.29 is 18.0 Å². The monoisotopic (exact) mass is 280 g/mol. The number of carbonyl (C=O) groups excluding carboxylic acids is 1. The summed E-state index contributed by atoms with van der Waals surface area (Å²) in [6.07, 6.45) is -4.56. The van der Waals surface area contributed by atoms with Crippen LogP contribution < -0.4 is 10.6 Å². The zero-order valence-corrected chi connectivity index (χ0v) is 10.3. The van der Waals surface area contributed by atoms with Gasteiger partial charge in [0.05, 0.1) is 5.69 Å². The zero-order valence-electron chi connectivity index (χ0n) is 10.3. The van der Waals surface area contributed by atoms with E-state index in [0.29, 0.717) is 10.9 Å². The first kappa shape index (κ1) is 12.9. The van der Waals surface area contributed by atoms with E-state index in [1.54, 1.807) is 24.3 Å². The molecule has 1 aliphatic heterocycles. The van der Waals surface area contributed by atoms with Crippen molar-refractivity contribution in [1.82, 2.24) is 0 Å². The van der Waals surface area contributed by atoms with Gasteiger partial charge in [0.15, 0.2) is 0 Å². The SMILES string of the molecule is NCC(N1C(=O)c2cccc3cccc1c23)C(F)(F)F. The zero-order chi connectivity index (χ0) is 14.5. The number of halogens is 3. The van der Waals surface area contributed by atoms with Crippen molar-refractivity contribution in [2.45, 2.75) is 12.2 Å². The third kappa shape index (κ3) is 1.68. The molecule has 3 rings (SSSR count). The molecule has 2 aromatic carbocycles. The van der Waals surface area contributed by atoms with Crippen LogP contribution in [0.2, 0.25) is 0 Å². The van der Waals surface area contributed by atoms with Gasteiger partial charge < -0.3 is 5.73 Å². The Balaban J connectivity index is 2.23. The van der Waals surface area contributed by atoms with E-state index in [0.717, 1.165) is 10.3 Å². The highest BCUT2D eigenvalue weighted by atomic mass is 19.4. The van der Waals surface area contributed by atoms with Crippen molar-refractivity contribution in [2.24, 2.45) is 5.73 Å². The van der Waals surface area contributed by atoms with Crippen molar-refractivity contribution in [2.75, 3.05) is 11.4 Å². The summed E-state index contributed by atoms with van der Waals surface area (Å²) in [7, 11) is 0. The Labute approximate surface area is 112 Å². The summed E-state index contributed by atoms with van der Waals surface area (Å²) in [5, 5.41) is 1.30. The van der Waals surface area contributed by atoms with Crippen LogP contribution in [-0.2, 0) is 0 Å². The van der Waals surface area contributed by atoms with E-state index in [1.165, 1.54) is 12.1 Å². The molecule has 2 N–H and O–H groups in total. The minimum absolute atomic E-state index is 0.274. The van der Waals surface area contributed by atoms with Gasteiger partial charge in [0, 0.05) is 17.5 Å². The topological polar surface area (TPSA) is 46.3 Å². The Morgan fingerprint density at radius 3 is 2.40 bits per heavy atom. The Morgan fingerprint density at radius 2 is 1.80 bits per heavy atom. The second kappa shape index (κ2) is 4.21. The molecule has 1 atom stereocenters. The van der Waals surface area contributed by atoms with E-state index >= 15 is 0 Å². The average Bonchev–Trinajstić information content (AvgIpc) is 2.67. The van der Waals surface area contributed by atoms with Gasteiger partial charge in [0.2, 0.25) is 0 Å². The van der Waals surface area contributed by atoms with Gasteiger partial charge >= 0.3 is 6.18 Å². The number of carbonyl (C=O) groups is 1. The molecule has 1 unspecified atom stereocenters. The fourth-order valence-corrected chi connectivity index (χ4v) is 2.63. The molecule has 6 heteroatoms. The largest absolute Gasteiger partial charge is 0.410 e. The number of nitrogens with two attached hydrogens (primary N) is 1. The summed E-state index contributed by atoms with van der Waals surface area (Å²) in [6.45, 7) is -0.667. The quantitative estimate of drug-likeness (QED) is 0.919. The maximum Gasteiger partial charge on any atom is 0.410 e. The van der Waals surface area contributed by atoms with Crippen LogP contribution in [0.1, 0.15) is 10.4 Å². The minimum atomic E-state index is -4.56. The van der Waals surface area contributed by atoms with E-state index in [9.17, 15) is 18.0 Å². The number of alkyl halides is 3. The van der Waals surface area contributed by atoms with Gasteiger partial charge in [-0.05, 0) is 17.5 Å². The molecule has 0 aliphatic carbocycles. The Kier molecular flexibility index (Phi) is 2.72. The normalized spacial score (nSPS) is 16.0. The summed E-state index contributed by atoms with van der Waals surface area (Å²) >= 11 is 0. The summed E-state index contributed by atoms with van der Waals surface area (Å²) < 4.78 is 39.2. The molecular formula is C14H11F3N2O. The first-order valence-corrected chi connectivity index (χ1v) is 6.07. The lowest BCUT2D eigenvalue weighted by molar-refractivity contribution is -0.144. The number of anilines is 1. The van der Waals surface area contributed by atoms with Crippen LogP contribution >= 0.6 is 0 Å². The summed E-state index contributed by atoms with van der Waals surface area (Å²) in [6, 6.07) is 7.88. The molecule has 0 bridgehead atoms. The number of amides is 1.